The molecule has 0 bridgehead atoms. The molecule has 1 aromatic rings. The lowest BCUT2D eigenvalue weighted by molar-refractivity contribution is -0.142. The number of carboxylic acids is 1. The van der Waals surface area contributed by atoms with E-state index in [2.05, 4.69) is 10.6 Å². The van der Waals surface area contributed by atoms with Crippen LogP contribution in [0.5, 0.6) is 0 Å². The second-order valence-corrected chi connectivity index (χ2v) is 5.74. The van der Waals surface area contributed by atoms with Crippen LogP contribution < -0.4 is 10.6 Å². The van der Waals surface area contributed by atoms with E-state index in [1.807, 2.05) is 30.3 Å². The summed E-state index contributed by atoms with van der Waals surface area (Å²) in [4.78, 5) is 35.1. The smallest absolute Gasteiger partial charge is 0.408 e. The number of hydrogen-bond acceptors (Lipinski definition) is 4. The zero-order valence-corrected chi connectivity index (χ0v) is 14.1. The molecule has 132 valence electrons. The van der Waals surface area contributed by atoms with Crippen LogP contribution in [-0.4, -0.2) is 35.2 Å². The van der Waals surface area contributed by atoms with E-state index in [1.165, 1.54) is 0 Å². The number of hydrogen-bond donors (Lipinski definition) is 3. The van der Waals surface area contributed by atoms with Crippen molar-refractivity contribution in [3.63, 3.8) is 0 Å². The average Bonchev–Trinajstić information content (AvgIpc) is 2.55. The van der Waals surface area contributed by atoms with Crippen LogP contribution in [-0.2, 0) is 20.9 Å². The Morgan fingerprint density at radius 1 is 1.12 bits per heavy atom. The third-order valence-corrected chi connectivity index (χ3v) is 3.46. The van der Waals surface area contributed by atoms with Gasteiger partial charge in [-0.15, -0.1) is 0 Å². The molecule has 0 aliphatic heterocycles. The maximum Gasteiger partial charge on any atom is 0.408 e. The van der Waals surface area contributed by atoms with Crippen molar-refractivity contribution >= 4 is 18.0 Å². The molecule has 0 fully saturated rings. The second kappa shape index (κ2) is 9.54. The third-order valence-electron chi connectivity index (χ3n) is 3.46. The molecule has 3 N–H and O–H groups in total. The van der Waals surface area contributed by atoms with E-state index >= 15 is 0 Å². The fraction of sp³-hybridized carbons (Fsp3) is 0.471. The molecule has 1 aromatic carbocycles. The number of alkyl carbamates (subject to hydrolysis) is 1. The second-order valence-electron chi connectivity index (χ2n) is 5.74. The first kappa shape index (κ1) is 19.5. The van der Waals surface area contributed by atoms with Crippen molar-refractivity contribution in [3.05, 3.63) is 35.9 Å². The Labute approximate surface area is 141 Å². The van der Waals surface area contributed by atoms with Gasteiger partial charge in [-0.25, -0.2) is 9.59 Å². The van der Waals surface area contributed by atoms with Crippen LogP contribution in [0, 0.1) is 5.92 Å². The van der Waals surface area contributed by atoms with E-state index in [-0.39, 0.29) is 18.9 Å². The lowest BCUT2D eigenvalue weighted by atomic mass is 10.0. The molecule has 7 nitrogen and oxygen atoms in total. The Kier molecular flexibility index (Phi) is 7.74. The fourth-order valence-electron chi connectivity index (χ4n) is 2.03. The van der Waals surface area contributed by atoms with Crippen LogP contribution in [0.1, 0.15) is 32.8 Å². The number of carboxylic acid groups (broad SMARTS) is 1. The highest BCUT2D eigenvalue weighted by atomic mass is 16.5. The summed E-state index contributed by atoms with van der Waals surface area (Å²) in [5, 5.41) is 13.9. The van der Waals surface area contributed by atoms with E-state index in [0.717, 1.165) is 5.56 Å². The fourth-order valence-corrected chi connectivity index (χ4v) is 2.03. The molecule has 2 amide bonds. The summed E-state index contributed by atoms with van der Waals surface area (Å²) < 4.78 is 5.09. The lowest BCUT2D eigenvalue weighted by Gasteiger charge is -2.23. The molecular formula is C17H24N2O5. The van der Waals surface area contributed by atoms with Gasteiger partial charge in [0.1, 0.15) is 18.7 Å². The zero-order chi connectivity index (χ0) is 18.1. The minimum atomic E-state index is -1.11. The van der Waals surface area contributed by atoms with Crippen molar-refractivity contribution in [1.29, 1.82) is 0 Å². The van der Waals surface area contributed by atoms with E-state index < -0.39 is 30.1 Å². The largest absolute Gasteiger partial charge is 0.480 e. The van der Waals surface area contributed by atoms with Crippen LogP contribution in [0.25, 0.3) is 0 Å². The van der Waals surface area contributed by atoms with Gasteiger partial charge in [0.25, 0.3) is 0 Å². The van der Waals surface area contributed by atoms with Gasteiger partial charge in [-0.05, 0) is 17.9 Å². The number of carbonyl (C=O) groups excluding carboxylic acids is 2. The number of ether oxygens (including phenoxy) is 1. The van der Waals surface area contributed by atoms with Crippen molar-refractivity contribution in [3.8, 4) is 0 Å². The van der Waals surface area contributed by atoms with Gasteiger partial charge in [0, 0.05) is 0 Å². The lowest BCUT2D eigenvalue weighted by Crippen LogP contribution is -2.53. The summed E-state index contributed by atoms with van der Waals surface area (Å²) in [6, 6.07) is 7.30. The molecule has 0 spiro atoms. The Balaban J connectivity index is 2.59. The van der Waals surface area contributed by atoms with Gasteiger partial charge >= 0.3 is 12.1 Å². The maximum absolute atomic E-state index is 12.2. The molecule has 0 saturated heterocycles. The highest BCUT2D eigenvalue weighted by Gasteiger charge is 2.28. The first-order valence-electron chi connectivity index (χ1n) is 7.85. The number of nitrogens with one attached hydrogen (secondary N) is 2. The zero-order valence-electron chi connectivity index (χ0n) is 14.1. The summed E-state index contributed by atoms with van der Waals surface area (Å²) >= 11 is 0. The molecule has 1 rings (SSSR count). The minimum Gasteiger partial charge on any atom is -0.480 e. The van der Waals surface area contributed by atoms with Crippen LogP contribution >= 0.6 is 0 Å². The van der Waals surface area contributed by atoms with Gasteiger partial charge in [-0.3, -0.25) is 4.79 Å². The van der Waals surface area contributed by atoms with Gasteiger partial charge < -0.3 is 20.5 Å². The maximum atomic E-state index is 12.2. The molecule has 2 atom stereocenters. The summed E-state index contributed by atoms with van der Waals surface area (Å²) in [5.41, 5.74) is 0.829. The summed E-state index contributed by atoms with van der Waals surface area (Å²) in [6.45, 7) is 5.25. The third kappa shape index (κ3) is 6.28. The first-order valence-corrected chi connectivity index (χ1v) is 7.85. The van der Waals surface area contributed by atoms with E-state index in [9.17, 15) is 14.4 Å². The monoisotopic (exact) mass is 336 g/mol. The molecule has 0 aromatic heterocycles. The van der Waals surface area contributed by atoms with Gasteiger partial charge in [0.05, 0.1) is 0 Å². The Morgan fingerprint density at radius 2 is 1.75 bits per heavy atom. The van der Waals surface area contributed by atoms with Crippen molar-refractivity contribution in [2.45, 2.75) is 45.9 Å². The molecule has 0 radical (unpaired) electrons. The van der Waals surface area contributed by atoms with Crippen molar-refractivity contribution in [2.75, 3.05) is 0 Å². The molecule has 0 unspecified atom stereocenters. The van der Waals surface area contributed by atoms with Gasteiger partial charge in [0.2, 0.25) is 5.91 Å². The normalized spacial score (nSPS) is 13.0. The highest BCUT2D eigenvalue weighted by molar-refractivity contribution is 5.89. The van der Waals surface area contributed by atoms with E-state index in [1.54, 1.807) is 20.8 Å². The topological polar surface area (TPSA) is 105 Å². The van der Waals surface area contributed by atoms with Crippen LogP contribution in [0.4, 0.5) is 4.79 Å². The predicted molar refractivity (Wildman–Crippen MR) is 88.2 cm³/mol. The Morgan fingerprint density at radius 3 is 2.25 bits per heavy atom. The Bertz CT molecular complexity index is 559. The Hall–Kier alpha value is -2.57. The van der Waals surface area contributed by atoms with Crippen LogP contribution in [0.2, 0.25) is 0 Å². The van der Waals surface area contributed by atoms with Gasteiger partial charge in [-0.1, -0.05) is 51.1 Å². The highest BCUT2D eigenvalue weighted by Crippen LogP contribution is 2.05. The van der Waals surface area contributed by atoms with Gasteiger partial charge in [-0.2, -0.15) is 0 Å². The van der Waals surface area contributed by atoms with Crippen molar-refractivity contribution in [1.82, 2.24) is 10.6 Å². The molecule has 0 saturated carbocycles. The van der Waals surface area contributed by atoms with Gasteiger partial charge in [0.15, 0.2) is 0 Å². The molecule has 0 heterocycles. The SMILES string of the molecule is CC[C@H](NC(=O)[C@@H](NC(=O)OCc1ccccc1)C(C)C)C(=O)O. The number of amides is 2. The molecule has 0 aliphatic rings. The number of rotatable bonds is 8. The number of carbonyl (C=O) groups is 3. The summed E-state index contributed by atoms with van der Waals surface area (Å²) in [7, 11) is 0. The van der Waals surface area contributed by atoms with E-state index in [4.69, 9.17) is 9.84 Å². The van der Waals surface area contributed by atoms with Crippen LogP contribution in [0.3, 0.4) is 0 Å². The standard InChI is InChI=1S/C17H24N2O5/c1-4-13(16(21)22)18-15(20)14(11(2)3)19-17(23)24-10-12-8-6-5-7-9-12/h5-9,11,13-14H,4,10H2,1-3H3,(H,18,20)(H,19,23)(H,21,22)/t13-,14-/m0/s1. The van der Waals surface area contributed by atoms with Crippen LogP contribution in [0.15, 0.2) is 30.3 Å². The molecular weight excluding hydrogens is 312 g/mol. The van der Waals surface area contributed by atoms with Crippen molar-refractivity contribution in [2.24, 2.45) is 5.92 Å². The minimum absolute atomic E-state index is 0.0891. The van der Waals surface area contributed by atoms with E-state index in [0.29, 0.717) is 0 Å². The molecule has 24 heavy (non-hydrogen) atoms. The summed E-state index contributed by atoms with van der Waals surface area (Å²) in [5.74, 6) is -1.88. The molecule has 7 heteroatoms. The number of benzene rings is 1. The molecule has 0 aliphatic carbocycles. The number of aliphatic carboxylic acids is 1. The van der Waals surface area contributed by atoms with Crippen molar-refractivity contribution < 1.29 is 24.2 Å². The summed E-state index contributed by atoms with van der Waals surface area (Å²) in [6.07, 6.45) is -0.472. The quantitative estimate of drug-likeness (QED) is 0.673. The first-order chi connectivity index (χ1) is 11.3. The predicted octanol–water partition coefficient (Wildman–Crippen LogP) is 1.92. The average molecular weight is 336 g/mol.